The van der Waals surface area contributed by atoms with Crippen molar-refractivity contribution in [3.63, 3.8) is 0 Å². The lowest BCUT2D eigenvalue weighted by atomic mass is 9.80. The number of amidine groups is 1. The molecule has 2 fully saturated rings. The van der Waals surface area contributed by atoms with Crippen LogP contribution in [0.4, 0.5) is 10.6 Å². The standard InChI is InChI=1S/C29H40N8O2/c1-5-18-9-10-19(13-18)15-37-23-25(32-17(4)20-7-6-8-20)34-27(24(30)33-29(38)39)35-26(23)36-28(37)22-14-21(16(2)3)11-12-31-22/h11-12,14,16-20H,5-10,13,15H2,1-4H3,(H2,30,33)(H,38,39)(H,32,34,35)/t17-,18?,19?/m1/s1. The van der Waals surface area contributed by atoms with Crippen LogP contribution in [-0.4, -0.2) is 47.6 Å². The van der Waals surface area contributed by atoms with Crippen LogP contribution in [0, 0.1) is 17.8 Å². The van der Waals surface area contributed by atoms with Crippen molar-refractivity contribution >= 4 is 28.9 Å². The summed E-state index contributed by atoms with van der Waals surface area (Å²) in [5.41, 5.74) is 9.27. The number of carboxylic acid groups (broad SMARTS) is 1. The molecule has 0 aromatic carbocycles. The summed E-state index contributed by atoms with van der Waals surface area (Å²) in [6.45, 7) is 9.57. The lowest BCUT2D eigenvalue weighted by Gasteiger charge is -2.32. The predicted molar refractivity (Wildman–Crippen MR) is 153 cm³/mol. The van der Waals surface area contributed by atoms with Gasteiger partial charge in [0.1, 0.15) is 11.2 Å². The second kappa shape index (κ2) is 11.3. The summed E-state index contributed by atoms with van der Waals surface area (Å²) in [5.74, 6) is 3.35. The van der Waals surface area contributed by atoms with Crippen LogP contribution in [0.15, 0.2) is 23.3 Å². The van der Waals surface area contributed by atoms with Crippen LogP contribution in [0.5, 0.6) is 0 Å². The first-order valence-electron chi connectivity index (χ1n) is 14.3. The van der Waals surface area contributed by atoms with Crippen LogP contribution >= 0.6 is 0 Å². The summed E-state index contributed by atoms with van der Waals surface area (Å²) in [6, 6.07) is 4.33. The van der Waals surface area contributed by atoms with Crippen molar-refractivity contribution < 1.29 is 9.90 Å². The van der Waals surface area contributed by atoms with Crippen molar-refractivity contribution in [1.82, 2.24) is 24.5 Å². The minimum absolute atomic E-state index is 0.0558. The molecule has 0 saturated heterocycles. The van der Waals surface area contributed by atoms with E-state index >= 15 is 0 Å². The molecule has 0 bridgehead atoms. The van der Waals surface area contributed by atoms with Crippen LogP contribution in [0.3, 0.4) is 0 Å². The molecule has 2 unspecified atom stereocenters. The number of anilines is 1. The Labute approximate surface area is 229 Å². The van der Waals surface area contributed by atoms with Crippen molar-refractivity contribution in [1.29, 1.82) is 0 Å². The summed E-state index contributed by atoms with van der Waals surface area (Å²) in [7, 11) is 0. The molecular weight excluding hydrogens is 492 g/mol. The van der Waals surface area contributed by atoms with Gasteiger partial charge in [0.25, 0.3) is 0 Å². The third-order valence-electron chi connectivity index (χ3n) is 8.62. The van der Waals surface area contributed by atoms with Crippen molar-refractivity contribution in [2.45, 2.75) is 91.1 Å². The Kier molecular flexibility index (Phi) is 7.81. The van der Waals surface area contributed by atoms with Gasteiger partial charge < -0.3 is 20.7 Å². The van der Waals surface area contributed by atoms with E-state index in [1.165, 1.54) is 50.5 Å². The van der Waals surface area contributed by atoms with Crippen molar-refractivity contribution in [3.05, 3.63) is 29.7 Å². The number of carbonyl (C=O) groups is 1. The number of hydrogen-bond acceptors (Lipinski definition) is 6. The van der Waals surface area contributed by atoms with Gasteiger partial charge >= 0.3 is 6.09 Å². The number of aliphatic imine (C=N–C) groups is 1. The molecule has 0 aliphatic heterocycles. The zero-order chi connectivity index (χ0) is 27.7. The molecule has 2 saturated carbocycles. The first-order valence-corrected chi connectivity index (χ1v) is 14.3. The molecule has 2 aliphatic carbocycles. The van der Waals surface area contributed by atoms with Crippen LogP contribution < -0.4 is 11.1 Å². The van der Waals surface area contributed by atoms with Gasteiger partial charge in [0, 0.05) is 18.8 Å². The van der Waals surface area contributed by atoms with E-state index in [0.717, 1.165) is 29.5 Å². The maximum absolute atomic E-state index is 11.3. The van der Waals surface area contributed by atoms with Gasteiger partial charge in [0.15, 0.2) is 28.9 Å². The summed E-state index contributed by atoms with van der Waals surface area (Å²) in [4.78, 5) is 33.8. The number of nitrogens with two attached hydrogens (primary N) is 1. The number of imidazole rings is 1. The third kappa shape index (κ3) is 5.74. The Morgan fingerprint density at radius 3 is 2.59 bits per heavy atom. The second-order valence-electron chi connectivity index (χ2n) is 11.6. The molecule has 5 rings (SSSR count). The third-order valence-corrected chi connectivity index (χ3v) is 8.62. The monoisotopic (exact) mass is 532 g/mol. The quantitative estimate of drug-likeness (QED) is 0.231. The Morgan fingerprint density at radius 1 is 1.18 bits per heavy atom. The van der Waals surface area contributed by atoms with Crippen LogP contribution in [-0.2, 0) is 6.54 Å². The number of rotatable bonds is 9. The van der Waals surface area contributed by atoms with Gasteiger partial charge in [0.2, 0.25) is 0 Å². The lowest BCUT2D eigenvalue weighted by Crippen LogP contribution is -2.32. The second-order valence-corrected chi connectivity index (χ2v) is 11.6. The number of amides is 1. The van der Waals surface area contributed by atoms with Crippen molar-refractivity contribution in [2.24, 2.45) is 28.5 Å². The average molecular weight is 533 g/mol. The van der Waals surface area contributed by atoms with E-state index in [2.05, 4.69) is 53.6 Å². The maximum atomic E-state index is 11.3. The molecule has 3 aromatic rings. The van der Waals surface area contributed by atoms with Crippen LogP contribution in [0.2, 0.25) is 0 Å². The number of pyridine rings is 1. The number of aromatic nitrogens is 5. The van der Waals surface area contributed by atoms with Gasteiger partial charge in [-0.05, 0) is 74.0 Å². The Morgan fingerprint density at radius 2 is 1.95 bits per heavy atom. The van der Waals surface area contributed by atoms with Gasteiger partial charge in [-0.15, -0.1) is 0 Å². The maximum Gasteiger partial charge on any atom is 0.433 e. The summed E-state index contributed by atoms with van der Waals surface area (Å²) in [5, 5.41) is 12.8. The van der Waals surface area contributed by atoms with E-state index in [9.17, 15) is 9.90 Å². The SMILES string of the molecule is CCC1CCC(Cn2c(-c3cc(C(C)C)ccn3)nc3nc(/C(N)=N/C(=O)O)nc(N[C@H](C)C4CCC4)c32)C1. The van der Waals surface area contributed by atoms with Gasteiger partial charge in [-0.3, -0.25) is 4.98 Å². The van der Waals surface area contributed by atoms with E-state index in [0.29, 0.717) is 29.2 Å². The molecule has 208 valence electrons. The molecule has 4 N–H and O–H groups in total. The minimum atomic E-state index is -1.39. The highest BCUT2D eigenvalue weighted by Crippen LogP contribution is 2.38. The Hall–Kier alpha value is -3.56. The number of fused-ring (bicyclic) bond motifs is 1. The molecule has 39 heavy (non-hydrogen) atoms. The first kappa shape index (κ1) is 27.0. The van der Waals surface area contributed by atoms with Gasteiger partial charge in [-0.25, -0.2) is 19.7 Å². The van der Waals surface area contributed by atoms with E-state index in [1.54, 1.807) is 0 Å². The Balaban J connectivity index is 1.68. The van der Waals surface area contributed by atoms with E-state index in [1.807, 2.05) is 12.3 Å². The highest BCUT2D eigenvalue weighted by molar-refractivity contribution is 6.01. The zero-order valence-corrected chi connectivity index (χ0v) is 23.4. The molecule has 0 radical (unpaired) electrons. The summed E-state index contributed by atoms with van der Waals surface area (Å²) in [6.07, 6.45) is 8.85. The fourth-order valence-electron chi connectivity index (χ4n) is 5.95. The highest BCUT2D eigenvalue weighted by atomic mass is 16.4. The van der Waals surface area contributed by atoms with E-state index in [-0.39, 0.29) is 17.7 Å². The predicted octanol–water partition coefficient (Wildman–Crippen LogP) is 5.82. The molecule has 10 nitrogen and oxygen atoms in total. The van der Waals surface area contributed by atoms with Crippen LogP contribution in [0.25, 0.3) is 22.7 Å². The Bertz CT molecular complexity index is 1380. The molecule has 3 atom stereocenters. The number of hydrogen-bond donors (Lipinski definition) is 3. The molecule has 2 aliphatic rings. The van der Waals surface area contributed by atoms with Crippen LogP contribution in [0.1, 0.15) is 89.9 Å². The topological polar surface area (TPSA) is 144 Å². The smallest absolute Gasteiger partial charge is 0.433 e. The van der Waals surface area contributed by atoms with Crippen molar-refractivity contribution in [3.8, 4) is 11.5 Å². The van der Waals surface area contributed by atoms with Gasteiger partial charge in [0.05, 0.1) is 0 Å². The largest absolute Gasteiger partial charge is 0.463 e. The fraction of sp³-hybridized carbons (Fsp3) is 0.586. The zero-order valence-electron chi connectivity index (χ0n) is 23.4. The number of nitrogens with one attached hydrogen (secondary N) is 1. The van der Waals surface area contributed by atoms with Crippen molar-refractivity contribution in [2.75, 3.05) is 5.32 Å². The molecule has 10 heteroatoms. The molecular formula is C29H40N8O2. The normalized spacial score (nSPS) is 20.9. The van der Waals surface area contributed by atoms with Gasteiger partial charge in [-0.2, -0.15) is 4.99 Å². The molecule has 3 heterocycles. The molecule has 0 spiro atoms. The number of nitrogens with zero attached hydrogens (tertiary/aromatic N) is 6. The van der Waals surface area contributed by atoms with E-state index < -0.39 is 6.09 Å². The minimum Gasteiger partial charge on any atom is -0.463 e. The first-order chi connectivity index (χ1) is 18.7. The lowest BCUT2D eigenvalue weighted by molar-refractivity contribution is 0.205. The molecule has 3 aromatic heterocycles. The average Bonchev–Trinajstić information content (AvgIpc) is 3.47. The highest BCUT2D eigenvalue weighted by Gasteiger charge is 2.30. The summed E-state index contributed by atoms with van der Waals surface area (Å²) >= 11 is 0. The fourth-order valence-corrected chi connectivity index (χ4v) is 5.95. The van der Waals surface area contributed by atoms with E-state index in [4.69, 9.17) is 20.7 Å². The molecule has 1 amide bonds. The summed E-state index contributed by atoms with van der Waals surface area (Å²) < 4.78 is 2.23. The van der Waals surface area contributed by atoms with Gasteiger partial charge in [-0.1, -0.05) is 40.0 Å².